The lowest BCUT2D eigenvalue weighted by Crippen LogP contribution is -2.23. The van der Waals surface area contributed by atoms with Gasteiger partial charge in [-0.25, -0.2) is 0 Å². The largest absolute Gasteiger partial charge is 0.395 e. The van der Waals surface area contributed by atoms with Crippen molar-refractivity contribution in [3.63, 3.8) is 0 Å². The minimum absolute atomic E-state index is 0.00682. The molecule has 1 aromatic carbocycles. The molecule has 0 saturated carbocycles. The smallest absolute Gasteiger partial charge is 0.252 e. The van der Waals surface area contributed by atoms with E-state index in [9.17, 15) is 4.79 Å². The number of hydrogen-bond donors (Lipinski definition) is 2. The van der Waals surface area contributed by atoms with Crippen LogP contribution >= 0.6 is 0 Å². The molecular formula is C16H16N2O3. The van der Waals surface area contributed by atoms with Gasteiger partial charge in [0, 0.05) is 18.1 Å². The van der Waals surface area contributed by atoms with Crippen LogP contribution in [0.5, 0.6) is 0 Å². The molecule has 0 radical (unpaired) electrons. The van der Waals surface area contributed by atoms with Crippen molar-refractivity contribution in [2.75, 3.05) is 6.61 Å². The van der Waals surface area contributed by atoms with Crippen LogP contribution in [0.4, 0.5) is 0 Å². The van der Waals surface area contributed by atoms with Crippen LogP contribution in [0.15, 0.2) is 34.9 Å². The molecule has 5 heteroatoms. The number of benzene rings is 1. The molecule has 2 aromatic rings. The number of aromatic nitrogens is 1. The van der Waals surface area contributed by atoms with Crippen molar-refractivity contribution in [1.82, 2.24) is 10.5 Å². The van der Waals surface area contributed by atoms with Gasteiger partial charge in [-0.05, 0) is 19.1 Å². The molecule has 0 saturated heterocycles. The van der Waals surface area contributed by atoms with Crippen molar-refractivity contribution in [3.05, 3.63) is 52.9 Å². The van der Waals surface area contributed by atoms with Gasteiger partial charge in [-0.15, -0.1) is 0 Å². The fourth-order valence-electron chi connectivity index (χ4n) is 1.77. The summed E-state index contributed by atoms with van der Waals surface area (Å²) in [5.74, 6) is 6.19. The molecule has 0 aliphatic heterocycles. The van der Waals surface area contributed by atoms with Crippen molar-refractivity contribution in [3.8, 4) is 11.8 Å². The van der Waals surface area contributed by atoms with Gasteiger partial charge in [0.2, 0.25) is 0 Å². The third kappa shape index (κ3) is 4.20. The molecule has 0 unspecified atom stereocenters. The van der Waals surface area contributed by atoms with E-state index in [1.807, 2.05) is 6.07 Å². The lowest BCUT2D eigenvalue weighted by atomic mass is 10.1. The molecular weight excluding hydrogens is 268 g/mol. The Morgan fingerprint density at radius 2 is 2.24 bits per heavy atom. The Morgan fingerprint density at radius 3 is 2.95 bits per heavy atom. The lowest BCUT2D eigenvalue weighted by molar-refractivity contribution is 0.0950. The van der Waals surface area contributed by atoms with Gasteiger partial charge in [-0.2, -0.15) is 0 Å². The monoisotopic (exact) mass is 284 g/mol. The fraction of sp³-hybridized carbons (Fsp3) is 0.250. The van der Waals surface area contributed by atoms with Crippen LogP contribution in [0.1, 0.15) is 33.8 Å². The predicted molar refractivity (Wildman–Crippen MR) is 77.4 cm³/mol. The summed E-state index contributed by atoms with van der Waals surface area (Å²) in [6.07, 6.45) is 0.383. The van der Waals surface area contributed by atoms with E-state index in [1.54, 1.807) is 31.2 Å². The van der Waals surface area contributed by atoms with Crippen molar-refractivity contribution >= 4 is 5.91 Å². The molecule has 1 amide bonds. The standard InChI is InChI=1S/C16H16N2O3/c1-12-10-14(18-21-12)11-17-16(20)15-8-3-2-6-13(15)7-4-5-9-19/h2-3,6,8,10,19H,5,9,11H2,1H3,(H,17,20). The van der Waals surface area contributed by atoms with Crippen LogP contribution in [0.2, 0.25) is 0 Å². The number of carbonyl (C=O) groups excluding carboxylic acids is 1. The molecule has 0 bridgehead atoms. The summed E-state index contributed by atoms with van der Waals surface area (Å²) in [4.78, 5) is 12.2. The number of aliphatic hydroxyl groups is 1. The van der Waals surface area contributed by atoms with E-state index in [0.29, 0.717) is 35.5 Å². The van der Waals surface area contributed by atoms with Gasteiger partial charge in [0.05, 0.1) is 18.7 Å². The molecule has 0 fully saturated rings. The topological polar surface area (TPSA) is 75.4 Å². The van der Waals surface area contributed by atoms with Gasteiger partial charge in [0.25, 0.3) is 5.91 Å². The highest BCUT2D eigenvalue weighted by Crippen LogP contribution is 2.08. The quantitative estimate of drug-likeness (QED) is 0.837. The molecule has 5 nitrogen and oxygen atoms in total. The number of rotatable bonds is 4. The van der Waals surface area contributed by atoms with Gasteiger partial charge in [0.1, 0.15) is 11.5 Å². The average molecular weight is 284 g/mol. The SMILES string of the molecule is Cc1cc(CNC(=O)c2ccccc2C#CCCO)no1. The van der Waals surface area contributed by atoms with Gasteiger partial charge in [-0.3, -0.25) is 4.79 Å². The number of hydrogen-bond acceptors (Lipinski definition) is 4. The number of carbonyl (C=O) groups is 1. The molecule has 0 atom stereocenters. The highest BCUT2D eigenvalue weighted by atomic mass is 16.5. The van der Waals surface area contributed by atoms with Crippen LogP contribution in [0.25, 0.3) is 0 Å². The zero-order valence-corrected chi connectivity index (χ0v) is 11.7. The summed E-state index contributed by atoms with van der Waals surface area (Å²) < 4.78 is 4.94. The second kappa shape index (κ2) is 7.27. The van der Waals surface area contributed by atoms with E-state index in [-0.39, 0.29) is 12.5 Å². The van der Waals surface area contributed by atoms with Crippen LogP contribution < -0.4 is 5.32 Å². The first-order chi connectivity index (χ1) is 10.2. The van der Waals surface area contributed by atoms with Gasteiger partial charge >= 0.3 is 0 Å². The Morgan fingerprint density at radius 1 is 1.43 bits per heavy atom. The zero-order valence-electron chi connectivity index (χ0n) is 11.7. The summed E-state index contributed by atoms with van der Waals surface area (Å²) in [6.45, 7) is 2.10. The fourth-order valence-corrected chi connectivity index (χ4v) is 1.77. The number of aliphatic hydroxyl groups excluding tert-OH is 1. The first-order valence-corrected chi connectivity index (χ1v) is 6.60. The minimum Gasteiger partial charge on any atom is -0.395 e. The van der Waals surface area contributed by atoms with Gasteiger partial charge < -0.3 is 14.9 Å². The normalized spacial score (nSPS) is 9.81. The molecule has 0 spiro atoms. The van der Waals surface area contributed by atoms with E-state index >= 15 is 0 Å². The van der Waals surface area contributed by atoms with Crippen molar-refractivity contribution in [2.24, 2.45) is 0 Å². The van der Waals surface area contributed by atoms with Gasteiger partial charge in [0.15, 0.2) is 0 Å². The molecule has 2 rings (SSSR count). The summed E-state index contributed by atoms with van der Waals surface area (Å²) in [5.41, 5.74) is 1.81. The zero-order chi connectivity index (χ0) is 15.1. The average Bonchev–Trinajstić information content (AvgIpc) is 2.91. The van der Waals surface area contributed by atoms with Crippen LogP contribution in [0, 0.1) is 18.8 Å². The van der Waals surface area contributed by atoms with Crippen LogP contribution in [-0.2, 0) is 6.54 Å². The van der Waals surface area contributed by atoms with Crippen molar-refractivity contribution in [1.29, 1.82) is 0 Å². The Balaban J connectivity index is 2.07. The number of aryl methyl sites for hydroxylation is 1. The number of amides is 1. The first-order valence-electron chi connectivity index (χ1n) is 6.60. The van der Waals surface area contributed by atoms with E-state index in [2.05, 4.69) is 22.3 Å². The Kier molecular flexibility index (Phi) is 5.13. The molecule has 1 heterocycles. The summed E-state index contributed by atoms with van der Waals surface area (Å²) in [5, 5.41) is 15.3. The second-order valence-corrected chi connectivity index (χ2v) is 4.43. The van der Waals surface area contributed by atoms with Gasteiger partial charge in [-0.1, -0.05) is 29.1 Å². The number of nitrogens with zero attached hydrogens (tertiary/aromatic N) is 1. The maximum atomic E-state index is 12.2. The molecule has 0 aliphatic carbocycles. The molecule has 1 aromatic heterocycles. The summed E-state index contributed by atoms with van der Waals surface area (Å²) in [6, 6.07) is 8.87. The van der Waals surface area contributed by atoms with Crippen LogP contribution in [-0.4, -0.2) is 22.8 Å². The Hall–Kier alpha value is -2.58. The predicted octanol–water partition coefficient (Wildman–Crippen LogP) is 1.65. The molecule has 108 valence electrons. The summed E-state index contributed by atoms with van der Waals surface area (Å²) >= 11 is 0. The third-order valence-corrected chi connectivity index (χ3v) is 2.74. The van der Waals surface area contributed by atoms with Crippen molar-refractivity contribution < 1.29 is 14.4 Å². The third-order valence-electron chi connectivity index (χ3n) is 2.74. The molecule has 2 N–H and O–H groups in total. The number of nitrogens with one attached hydrogen (secondary N) is 1. The van der Waals surface area contributed by atoms with Crippen molar-refractivity contribution in [2.45, 2.75) is 19.9 Å². The van der Waals surface area contributed by atoms with E-state index in [4.69, 9.17) is 9.63 Å². The second-order valence-electron chi connectivity index (χ2n) is 4.43. The highest BCUT2D eigenvalue weighted by Gasteiger charge is 2.10. The molecule has 21 heavy (non-hydrogen) atoms. The lowest BCUT2D eigenvalue weighted by Gasteiger charge is -2.05. The van der Waals surface area contributed by atoms with E-state index < -0.39 is 0 Å². The highest BCUT2D eigenvalue weighted by molar-refractivity contribution is 5.96. The maximum Gasteiger partial charge on any atom is 0.252 e. The minimum atomic E-state index is -0.218. The van der Waals surface area contributed by atoms with E-state index in [1.165, 1.54) is 0 Å². The van der Waals surface area contributed by atoms with Crippen LogP contribution in [0.3, 0.4) is 0 Å². The Labute approximate surface area is 123 Å². The first kappa shape index (κ1) is 14.8. The maximum absolute atomic E-state index is 12.2. The Bertz CT molecular complexity index is 680. The molecule has 0 aliphatic rings. The van der Waals surface area contributed by atoms with E-state index in [0.717, 1.165) is 0 Å². The summed E-state index contributed by atoms with van der Waals surface area (Å²) in [7, 11) is 0.